The summed E-state index contributed by atoms with van der Waals surface area (Å²) in [5, 5.41) is 0. The van der Waals surface area contributed by atoms with Crippen LogP contribution < -0.4 is 11.3 Å². The van der Waals surface area contributed by atoms with Gasteiger partial charge in [0.05, 0.1) is 0 Å². The average molecular weight is 250 g/mol. The van der Waals surface area contributed by atoms with Gasteiger partial charge in [-0.15, -0.1) is 0 Å². The Morgan fingerprint density at radius 1 is 1.33 bits per heavy atom. The molecule has 0 aromatic heterocycles. The topological polar surface area (TPSA) is 38.0 Å². The van der Waals surface area contributed by atoms with E-state index < -0.39 is 0 Å². The predicted octanol–water partition coefficient (Wildman–Crippen LogP) is 3.93. The monoisotopic (exact) mass is 250 g/mol. The van der Waals surface area contributed by atoms with Crippen LogP contribution in [0.1, 0.15) is 71.1 Å². The van der Waals surface area contributed by atoms with Gasteiger partial charge in [0.1, 0.15) is 0 Å². The SMILES string of the molecule is CCC1CCCC(C(CC2=CCCCC2)NN)C1. The van der Waals surface area contributed by atoms with E-state index in [1.807, 2.05) is 0 Å². The van der Waals surface area contributed by atoms with E-state index in [0.717, 1.165) is 11.8 Å². The van der Waals surface area contributed by atoms with Crippen molar-refractivity contribution in [3.05, 3.63) is 11.6 Å². The maximum atomic E-state index is 5.83. The molecule has 2 nitrogen and oxygen atoms in total. The number of hydrazine groups is 1. The van der Waals surface area contributed by atoms with Gasteiger partial charge < -0.3 is 0 Å². The molecule has 3 N–H and O–H groups in total. The first-order chi connectivity index (χ1) is 8.83. The van der Waals surface area contributed by atoms with Crippen LogP contribution in [0.2, 0.25) is 0 Å². The highest BCUT2D eigenvalue weighted by molar-refractivity contribution is 5.07. The summed E-state index contributed by atoms with van der Waals surface area (Å²) in [5.74, 6) is 7.58. The normalized spacial score (nSPS) is 30.9. The first-order valence-corrected chi connectivity index (χ1v) is 7.97. The molecular weight excluding hydrogens is 220 g/mol. The third-order valence-corrected chi connectivity index (χ3v) is 5.05. The van der Waals surface area contributed by atoms with Crippen LogP contribution in [0.25, 0.3) is 0 Å². The van der Waals surface area contributed by atoms with Crippen molar-refractivity contribution in [1.82, 2.24) is 5.43 Å². The summed E-state index contributed by atoms with van der Waals surface area (Å²) in [6.45, 7) is 2.33. The summed E-state index contributed by atoms with van der Waals surface area (Å²) in [7, 11) is 0. The fraction of sp³-hybridized carbons (Fsp3) is 0.875. The fourth-order valence-corrected chi connectivity index (χ4v) is 3.80. The summed E-state index contributed by atoms with van der Waals surface area (Å²) in [6.07, 6.45) is 16.0. The average Bonchev–Trinajstić information content (AvgIpc) is 2.46. The summed E-state index contributed by atoms with van der Waals surface area (Å²) in [6, 6.07) is 0.517. The van der Waals surface area contributed by atoms with Gasteiger partial charge in [0, 0.05) is 6.04 Å². The Labute approximate surface area is 112 Å². The number of rotatable bonds is 5. The number of nitrogens with two attached hydrogens (primary N) is 1. The summed E-state index contributed by atoms with van der Waals surface area (Å²) in [4.78, 5) is 0. The van der Waals surface area contributed by atoms with E-state index in [1.54, 1.807) is 5.57 Å². The van der Waals surface area contributed by atoms with Crippen molar-refractivity contribution in [3.63, 3.8) is 0 Å². The maximum absolute atomic E-state index is 5.83. The Bertz CT molecular complexity index is 272. The van der Waals surface area contributed by atoms with Gasteiger partial charge in [-0.3, -0.25) is 11.3 Å². The zero-order valence-corrected chi connectivity index (χ0v) is 12.0. The Morgan fingerprint density at radius 2 is 2.22 bits per heavy atom. The second-order valence-corrected chi connectivity index (χ2v) is 6.29. The molecule has 18 heavy (non-hydrogen) atoms. The summed E-state index contributed by atoms with van der Waals surface area (Å²) >= 11 is 0. The van der Waals surface area contributed by atoms with Gasteiger partial charge in [-0.25, -0.2) is 0 Å². The molecule has 1 saturated carbocycles. The molecule has 0 heterocycles. The van der Waals surface area contributed by atoms with Crippen molar-refractivity contribution in [2.45, 2.75) is 77.2 Å². The van der Waals surface area contributed by atoms with Crippen LogP contribution in [0.4, 0.5) is 0 Å². The molecule has 3 unspecified atom stereocenters. The molecule has 1 fully saturated rings. The van der Waals surface area contributed by atoms with Crippen molar-refractivity contribution in [3.8, 4) is 0 Å². The molecule has 2 aliphatic rings. The van der Waals surface area contributed by atoms with Crippen molar-refractivity contribution >= 4 is 0 Å². The molecule has 2 heteroatoms. The molecule has 0 saturated heterocycles. The van der Waals surface area contributed by atoms with Crippen LogP contribution in [0.5, 0.6) is 0 Å². The van der Waals surface area contributed by atoms with E-state index in [9.17, 15) is 0 Å². The quantitative estimate of drug-likeness (QED) is 0.441. The van der Waals surface area contributed by atoms with Crippen LogP contribution in [-0.4, -0.2) is 6.04 Å². The second kappa shape index (κ2) is 7.30. The molecule has 2 aliphatic carbocycles. The molecule has 0 aromatic carbocycles. The number of nitrogens with one attached hydrogen (secondary N) is 1. The van der Waals surface area contributed by atoms with Gasteiger partial charge in [-0.05, 0) is 56.8 Å². The minimum absolute atomic E-state index is 0.517. The minimum Gasteiger partial charge on any atom is -0.271 e. The lowest BCUT2D eigenvalue weighted by molar-refractivity contribution is 0.207. The highest BCUT2D eigenvalue weighted by atomic mass is 15.2. The Balaban J connectivity index is 1.88. The summed E-state index contributed by atoms with van der Waals surface area (Å²) in [5.41, 5.74) is 4.78. The maximum Gasteiger partial charge on any atom is 0.0275 e. The molecule has 2 rings (SSSR count). The van der Waals surface area contributed by atoms with Gasteiger partial charge in [-0.1, -0.05) is 37.8 Å². The molecule has 3 atom stereocenters. The predicted molar refractivity (Wildman–Crippen MR) is 78.0 cm³/mol. The molecule has 0 bridgehead atoms. The van der Waals surface area contributed by atoms with E-state index in [-0.39, 0.29) is 0 Å². The lowest BCUT2D eigenvalue weighted by atomic mass is 9.75. The molecular formula is C16H30N2. The van der Waals surface area contributed by atoms with Crippen molar-refractivity contribution < 1.29 is 0 Å². The minimum atomic E-state index is 0.517. The lowest BCUT2D eigenvalue weighted by Gasteiger charge is -2.34. The van der Waals surface area contributed by atoms with E-state index in [1.165, 1.54) is 64.2 Å². The van der Waals surface area contributed by atoms with Gasteiger partial charge in [-0.2, -0.15) is 0 Å². The van der Waals surface area contributed by atoms with Gasteiger partial charge in [0.2, 0.25) is 0 Å². The Kier molecular flexibility index (Phi) is 5.71. The first kappa shape index (κ1) is 14.1. The van der Waals surface area contributed by atoms with Crippen molar-refractivity contribution in [2.75, 3.05) is 0 Å². The molecule has 0 aromatic rings. The highest BCUT2D eigenvalue weighted by Gasteiger charge is 2.27. The molecule has 0 aliphatic heterocycles. The molecule has 0 amide bonds. The van der Waals surface area contributed by atoms with Crippen LogP contribution in [0, 0.1) is 11.8 Å². The summed E-state index contributed by atoms with van der Waals surface area (Å²) < 4.78 is 0. The first-order valence-electron chi connectivity index (χ1n) is 7.97. The third kappa shape index (κ3) is 3.83. The number of hydrogen-bond acceptors (Lipinski definition) is 2. The highest BCUT2D eigenvalue weighted by Crippen LogP contribution is 2.35. The van der Waals surface area contributed by atoms with Crippen LogP contribution >= 0.6 is 0 Å². The molecule has 104 valence electrons. The van der Waals surface area contributed by atoms with Crippen molar-refractivity contribution in [2.24, 2.45) is 17.7 Å². The van der Waals surface area contributed by atoms with Crippen LogP contribution in [-0.2, 0) is 0 Å². The Hall–Kier alpha value is -0.340. The lowest BCUT2D eigenvalue weighted by Crippen LogP contribution is -2.43. The third-order valence-electron chi connectivity index (χ3n) is 5.05. The van der Waals surface area contributed by atoms with Crippen LogP contribution in [0.15, 0.2) is 11.6 Å². The second-order valence-electron chi connectivity index (χ2n) is 6.29. The molecule has 0 radical (unpaired) electrons. The number of allylic oxidation sites excluding steroid dienone is 1. The van der Waals surface area contributed by atoms with Crippen LogP contribution in [0.3, 0.4) is 0 Å². The largest absolute Gasteiger partial charge is 0.271 e. The standard InChI is InChI=1S/C16H30N2/c1-2-13-9-6-10-15(11-13)16(18-17)12-14-7-4-3-5-8-14/h7,13,15-16,18H,2-6,8-12,17H2,1H3. The zero-order valence-electron chi connectivity index (χ0n) is 12.0. The van der Waals surface area contributed by atoms with Gasteiger partial charge in [0.25, 0.3) is 0 Å². The van der Waals surface area contributed by atoms with E-state index in [0.29, 0.717) is 6.04 Å². The van der Waals surface area contributed by atoms with Gasteiger partial charge in [0.15, 0.2) is 0 Å². The van der Waals surface area contributed by atoms with E-state index in [4.69, 9.17) is 5.84 Å². The van der Waals surface area contributed by atoms with E-state index >= 15 is 0 Å². The van der Waals surface area contributed by atoms with Crippen molar-refractivity contribution in [1.29, 1.82) is 0 Å². The van der Waals surface area contributed by atoms with Gasteiger partial charge >= 0.3 is 0 Å². The molecule has 0 spiro atoms. The fourth-order valence-electron chi connectivity index (χ4n) is 3.80. The van der Waals surface area contributed by atoms with E-state index in [2.05, 4.69) is 18.4 Å². The number of hydrogen-bond donors (Lipinski definition) is 2. The smallest absolute Gasteiger partial charge is 0.0275 e. The zero-order chi connectivity index (χ0) is 12.8. The Morgan fingerprint density at radius 3 is 2.89 bits per heavy atom.